The van der Waals surface area contributed by atoms with Gasteiger partial charge in [-0.2, -0.15) is 0 Å². The normalized spacial score (nSPS) is 10.8. The molecule has 0 fully saturated rings. The van der Waals surface area contributed by atoms with Gasteiger partial charge in [0.2, 0.25) is 5.91 Å². The number of primary amides is 1. The van der Waals surface area contributed by atoms with Gasteiger partial charge < -0.3 is 15.5 Å². The number of pyridine rings is 2. The number of imidazole rings is 1. The summed E-state index contributed by atoms with van der Waals surface area (Å²) in [6.45, 7) is 0.432. The maximum absolute atomic E-state index is 11.1. The van der Waals surface area contributed by atoms with Crippen molar-refractivity contribution in [1.82, 2.24) is 14.4 Å². The average molecular weight is 336 g/mol. The molecule has 0 saturated carbocycles. The standard InChI is InChI=1S/C14H11Cl2N5O/c15-9-1-2-12-20-10(7-21(12)6-9)5-19-14-11(16)3-8(4-18-14)13(17)22/h1-4,6-7H,5H2,(H2,17,22)(H,18,19). The van der Waals surface area contributed by atoms with E-state index >= 15 is 0 Å². The highest BCUT2D eigenvalue weighted by molar-refractivity contribution is 6.33. The molecule has 3 aromatic heterocycles. The lowest BCUT2D eigenvalue weighted by molar-refractivity contribution is 0.1000. The van der Waals surface area contributed by atoms with Crippen LogP contribution in [0.3, 0.4) is 0 Å². The molecule has 3 heterocycles. The molecule has 112 valence electrons. The fourth-order valence-electron chi connectivity index (χ4n) is 1.98. The van der Waals surface area contributed by atoms with Gasteiger partial charge in [-0.1, -0.05) is 23.2 Å². The average Bonchev–Trinajstić information content (AvgIpc) is 2.87. The second-order valence-corrected chi connectivity index (χ2v) is 5.46. The lowest BCUT2D eigenvalue weighted by Gasteiger charge is -2.06. The van der Waals surface area contributed by atoms with Crippen LogP contribution in [0.25, 0.3) is 5.65 Å². The number of carbonyl (C=O) groups is 1. The van der Waals surface area contributed by atoms with Gasteiger partial charge in [0.1, 0.15) is 11.5 Å². The fourth-order valence-corrected chi connectivity index (χ4v) is 2.38. The molecule has 0 aliphatic carbocycles. The van der Waals surface area contributed by atoms with Crippen molar-refractivity contribution in [1.29, 1.82) is 0 Å². The molecule has 0 unspecified atom stereocenters. The smallest absolute Gasteiger partial charge is 0.250 e. The van der Waals surface area contributed by atoms with Gasteiger partial charge in [-0.25, -0.2) is 9.97 Å². The third-order valence-electron chi connectivity index (χ3n) is 3.03. The molecule has 3 rings (SSSR count). The van der Waals surface area contributed by atoms with Crippen molar-refractivity contribution in [2.75, 3.05) is 5.32 Å². The highest BCUT2D eigenvalue weighted by Gasteiger charge is 2.08. The summed E-state index contributed by atoms with van der Waals surface area (Å²) in [5.41, 5.74) is 7.03. The van der Waals surface area contributed by atoms with E-state index in [1.165, 1.54) is 12.3 Å². The summed E-state index contributed by atoms with van der Waals surface area (Å²) >= 11 is 12.0. The number of aromatic nitrogens is 3. The van der Waals surface area contributed by atoms with Crippen LogP contribution >= 0.6 is 23.2 Å². The maximum atomic E-state index is 11.1. The van der Waals surface area contributed by atoms with Crippen molar-refractivity contribution in [3.05, 3.63) is 58.1 Å². The molecule has 0 aliphatic heterocycles. The minimum absolute atomic E-state index is 0.262. The molecule has 6 nitrogen and oxygen atoms in total. The predicted octanol–water partition coefficient (Wildman–Crippen LogP) is 2.75. The van der Waals surface area contributed by atoms with Gasteiger partial charge in [0.25, 0.3) is 0 Å². The monoisotopic (exact) mass is 335 g/mol. The largest absolute Gasteiger partial charge is 0.366 e. The maximum Gasteiger partial charge on any atom is 0.250 e. The minimum Gasteiger partial charge on any atom is -0.366 e. The van der Waals surface area contributed by atoms with E-state index in [0.717, 1.165) is 11.3 Å². The van der Waals surface area contributed by atoms with Crippen LogP contribution in [0.4, 0.5) is 5.82 Å². The first-order valence-electron chi connectivity index (χ1n) is 6.35. The Morgan fingerprint density at radius 1 is 1.32 bits per heavy atom. The summed E-state index contributed by atoms with van der Waals surface area (Å²) in [6.07, 6.45) is 5.01. The molecule has 1 amide bonds. The van der Waals surface area contributed by atoms with E-state index in [4.69, 9.17) is 28.9 Å². The predicted molar refractivity (Wildman–Crippen MR) is 85.3 cm³/mol. The number of nitrogens with one attached hydrogen (secondary N) is 1. The van der Waals surface area contributed by atoms with E-state index in [2.05, 4.69) is 15.3 Å². The number of fused-ring (bicyclic) bond motifs is 1. The number of nitrogens with zero attached hydrogens (tertiary/aromatic N) is 3. The molecule has 0 saturated heterocycles. The number of halogens is 2. The summed E-state index contributed by atoms with van der Waals surface area (Å²) in [7, 11) is 0. The Bertz CT molecular complexity index is 862. The Morgan fingerprint density at radius 3 is 2.86 bits per heavy atom. The number of hydrogen-bond donors (Lipinski definition) is 2. The van der Waals surface area contributed by atoms with E-state index in [0.29, 0.717) is 22.4 Å². The van der Waals surface area contributed by atoms with Crippen LogP contribution in [0, 0.1) is 0 Å². The van der Waals surface area contributed by atoms with Crippen LogP contribution in [-0.4, -0.2) is 20.3 Å². The zero-order valence-electron chi connectivity index (χ0n) is 11.3. The highest BCUT2D eigenvalue weighted by Crippen LogP contribution is 2.20. The van der Waals surface area contributed by atoms with E-state index in [1.54, 1.807) is 12.3 Å². The van der Waals surface area contributed by atoms with Crippen LogP contribution in [0.2, 0.25) is 10.0 Å². The second kappa shape index (κ2) is 5.82. The van der Waals surface area contributed by atoms with Gasteiger partial charge in [-0.15, -0.1) is 0 Å². The number of anilines is 1. The molecule has 0 spiro atoms. The zero-order chi connectivity index (χ0) is 15.7. The lowest BCUT2D eigenvalue weighted by atomic mass is 10.2. The second-order valence-electron chi connectivity index (χ2n) is 4.62. The molecule has 0 aliphatic rings. The van der Waals surface area contributed by atoms with Gasteiger partial charge in [0.05, 0.1) is 27.8 Å². The van der Waals surface area contributed by atoms with Crippen LogP contribution < -0.4 is 11.1 Å². The Morgan fingerprint density at radius 2 is 2.14 bits per heavy atom. The van der Waals surface area contributed by atoms with Gasteiger partial charge in [-0.05, 0) is 18.2 Å². The van der Waals surface area contributed by atoms with Crippen molar-refractivity contribution >= 4 is 40.6 Å². The number of hydrogen-bond acceptors (Lipinski definition) is 4. The molecule has 8 heteroatoms. The van der Waals surface area contributed by atoms with Crippen molar-refractivity contribution in [2.45, 2.75) is 6.54 Å². The van der Waals surface area contributed by atoms with Crippen molar-refractivity contribution in [3.63, 3.8) is 0 Å². The highest BCUT2D eigenvalue weighted by atomic mass is 35.5. The molecule has 0 bridgehead atoms. The fraction of sp³-hybridized carbons (Fsp3) is 0.0714. The zero-order valence-corrected chi connectivity index (χ0v) is 12.8. The van der Waals surface area contributed by atoms with Crippen LogP contribution in [0.15, 0.2) is 36.8 Å². The van der Waals surface area contributed by atoms with E-state index in [9.17, 15) is 4.79 Å². The summed E-state index contributed by atoms with van der Waals surface area (Å²) in [6, 6.07) is 5.09. The lowest BCUT2D eigenvalue weighted by Crippen LogP contribution is -2.12. The first-order valence-corrected chi connectivity index (χ1v) is 7.11. The SMILES string of the molecule is NC(=O)c1cnc(NCc2cn3cc(Cl)ccc3n2)c(Cl)c1. The summed E-state index contributed by atoms with van der Waals surface area (Å²) in [4.78, 5) is 19.6. The number of nitrogens with two attached hydrogens (primary N) is 1. The summed E-state index contributed by atoms with van der Waals surface area (Å²) in [5.74, 6) is -0.111. The summed E-state index contributed by atoms with van der Waals surface area (Å²) in [5, 5.41) is 4.02. The first kappa shape index (κ1) is 14.6. The van der Waals surface area contributed by atoms with Gasteiger partial charge in [0.15, 0.2) is 0 Å². The molecule has 0 aromatic carbocycles. The Kier molecular flexibility index (Phi) is 3.87. The Hall–Kier alpha value is -2.31. The molecule has 0 atom stereocenters. The quantitative estimate of drug-likeness (QED) is 0.767. The molecular formula is C14H11Cl2N5O. The number of carbonyl (C=O) groups excluding carboxylic acids is 1. The first-order chi connectivity index (χ1) is 10.5. The van der Waals surface area contributed by atoms with Gasteiger partial charge in [0, 0.05) is 18.6 Å². The molecule has 0 radical (unpaired) electrons. The van der Waals surface area contributed by atoms with Crippen molar-refractivity contribution in [3.8, 4) is 0 Å². The topological polar surface area (TPSA) is 85.3 Å². The molecular weight excluding hydrogens is 325 g/mol. The molecule has 3 aromatic rings. The van der Waals surface area contributed by atoms with Gasteiger partial charge >= 0.3 is 0 Å². The van der Waals surface area contributed by atoms with Crippen LogP contribution in [0.5, 0.6) is 0 Å². The van der Waals surface area contributed by atoms with E-state index in [1.807, 2.05) is 16.7 Å². The van der Waals surface area contributed by atoms with Crippen molar-refractivity contribution < 1.29 is 4.79 Å². The number of rotatable bonds is 4. The van der Waals surface area contributed by atoms with E-state index < -0.39 is 5.91 Å². The molecule has 3 N–H and O–H groups in total. The van der Waals surface area contributed by atoms with Gasteiger partial charge in [-0.3, -0.25) is 4.79 Å². The van der Waals surface area contributed by atoms with Crippen LogP contribution in [-0.2, 0) is 6.54 Å². The Balaban J connectivity index is 1.77. The summed E-state index contributed by atoms with van der Waals surface area (Å²) < 4.78 is 1.84. The third-order valence-corrected chi connectivity index (χ3v) is 3.54. The third kappa shape index (κ3) is 2.98. The van der Waals surface area contributed by atoms with E-state index in [-0.39, 0.29) is 5.56 Å². The Labute approximate surface area is 135 Å². The van der Waals surface area contributed by atoms with Crippen molar-refractivity contribution in [2.24, 2.45) is 5.73 Å². The molecule has 22 heavy (non-hydrogen) atoms. The minimum atomic E-state index is -0.571. The number of amides is 1. The van der Waals surface area contributed by atoms with Crippen LogP contribution in [0.1, 0.15) is 16.1 Å².